The molecule has 0 amide bonds. The average Bonchev–Trinajstić information content (AvgIpc) is 2.65. The molecule has 0 bridgehead atoms. The first kappa shape index (κ1) is 6.72. The third-order valence-corrected chi connectivity index (χ3v) is 2.34. The van der Waals surface area contributed by atoms with Gasteiger partial charge in [0.1, 0.15) is 5.58 Å². The van der Waals surface area contributed by atoms with Gasteiger partial charge in [-0.15, -0.1) is 0 Å². The summed E-state index contributed by atoms with van der Waals surface area (Å²) in [6.45, 7) is 0. The second kappa shape index (κ2) is 2.36. The van der Waals surface area contributed by atoms with E-state index >= 15 is 0 Å². The molecule has 62 valence electrons. The predicted molar refractivity (Wildman–Crippen MR) is 53.7 cm³/mol. The van der Waals surface area contributed by atoms with Gasteiger partial charge in [0.25, 0.3) is 0 Å². The maximum absolute atomic E-state index is 5.43. The Morgan fingerprint density at radius 2 is 1.62 bits per heavy atom. The van der Waals surface area contributed by atoms with E-state index in [0.717, 1.165) is 5.58 Å². The van der Waals surface area contributed by atoms with E-state index in [0.29, 0.717) is 0 Å². The molecule has 0 N–H and O–H groups in total. The highest BCUT2D eigenvalue weighted by Crippen LogP contribution is 2.25. The van der Waals surface area contributed by atoms with Crippen LogP contribution in [0.5, 0.6) is 0 Å². The van der Waals surface area contributed by atoms with Crippen molar-refractivity contribution >= 4 is 21.7 Å². The number of benzene rings is 2. The van der Waals surface area contributed by atoms with E-state index in [2.05, 4.69) is 24.3 Å². The summed E-state index contributed by atoms with van der Waals surface area (Å²) < 4.78 is 5.43. The number of fused-ring (bicyclic) bond motifs is 3. The molecule has 0 spiro atoms. The lowest BCUT2D eigenvalue weighted by Crippen LogP contribution is -1.71. The minimum absolute atomic E-state index is 0.984. The molecular formula is C12H8O. The van der Waals surface area contributed by atoms with Gasteiger partial charge in [-0.05, 0) is 11.5 Å². The second-order valence-electron chi connectivity index (χ2n) is 3.13. The van der Waals surface area contributed by atoms with Crippen molar-refractivity contribution in [1.82, 2.24) is 0 Å². The molecule has 0 saturated carbocycles. The van der Waals surface area contributed by atoms with Gasteiger partial charge in [0, 0.05) is 10.8 Å². The molecule has 1 heteroatoms. The van der Waals surface area contributed by atoms with E-state index in [1.807, 2.05) is 18.2 Å². The highest BCUT2D eigenvalue weighted by Gasteiger charge is 2.00. The van der Waals surface area contributed by atoms with Crippen LogP contribution in [-0.2, 0) is 0 Å². The summed E-state index contributed by atoms with van der Waals surface area (Å²) >= 11 is 0. The van der Waals surface area contributed by atoms with Crippen LogP contribution in [0.2, 0.25) is 0 Å². The molecule has 3 rings (SSSR count). The van der Waals surface area contributed by atoms with Crippen LogP contribution < -0.4 is 0 Å². The van der Waals surface area contributed by atoms with E-state index in [9.17, 15) is 0 Å². The van der Waals surface area contributed by atoms with Crippen molar-refractivity contribution in [3.05, 3.63) is 48.7 Å². The van der Waals surface area contributed by atoms with Crippen LogP contribution in [0.25, 0.3) is 21.7 Å². The summed E-state index contributed by atoms with van der Waals surface area (Å²) in [6, 6.07) is 14.4. The third-order valence-electron chi connectivity index (χ3n) is 2.34. The summed E-state index contributed by atoms with van der Waals surface area (Å²) in [5, 5.41) is 3.58. The molecule has 0 radical (unpaired) electrons. The maximum atomic E-state index is 5.43. The topological polar surface area (TPSA) is 13.1 Å². The Hall–Kier alpha value is -1.76. The monoisotopic (exact) mass is 168 g/mol. The van der Waals surface area contributed by atoms with Crippen molar-refractivity contribution in [3.63, 3.8) is 0 Å². The first-order chi connectivity index (χ1) is 6.45. The summed E-state index contributed by atoms with van der Waals surface area (Å²) in [5.74, 6) is 0. The summed E-state index contributed by atoms with van der Waals surface area (Å²) in [6.07, 6.45) is 1.73. The SMILES string of the molecule is c1ccc2c(c1)ccc1ccoc12. The minimum Gasteiger partial charge on any atom is -0.464 e. The number of hydrogen-bond donors (Lipinski definition) is 0. The predicted octanol–water partition coefficient (Wildman–Crippen LogP) is 3.59. The zero-order valence-electron chi connectivity index (χ0n) is 7.03. The highest BCUT2D eigenvalue weighted by atomic mass is 16.3. The van der Waals surface area contributed by atoms with Gasteiger partial charge < -0.3 is 4.42 Å². The fourth-order valence-corrected chi connectivity index (χ4v) is 1.70. The highest BCUT2D eigenvalue weighted by molar-refractivity contribution is 6.03. The number of rotatable bonds is 0. The van der Waals surface area contributed by atoms with Crippen molar-refractivity contribution in [2.45, 2.75) is 0 Å². The Bertz CT molecular complexity index is 563. The van der Waals surface area contributed by atoms with Gasteiger partial charge >= 0.3 is 0 Å². The van der Waals surface area contributed by atoms with Crippen LogP contribution in [0.15, 0.2) is 53.1 Å². The van der Waals surface area contributed by atoms with E-state index in [1.54, 1.807) is 6.26 Å². The zero-order chi connectivity index (χ0) is 8.67. The molecule has 0 aliphatic rings. The van der Waals surface area contributed by atoms with Crippen LogP contribution in [0.1, 0.15) is 0 Å². The van der Waals surface area contributed by atoms with Gasteiger partial charge in [0.2, 0.25) is 0 Å². The molecule has 2 aromatic carbocycles. The smallest absolute Gasteiger partial charge is 0.141 e. The first-order valence-corrected chi connectivity index (χ1v) is 4.30. The van der Waals surface area contributed by atoms with E-state index in [-0.39, 0.29) is 0 Å². The lowest BCUT2D eigenvalue weighted by Gasteiger charge is -1.96. The normalized spacial score (nSPS) is 11.1. The van der Waals surface area contributed by atoms with Crippen molar-refractivity contribution < 1.29 is 4.42 Å². The standard InChI is InChI=1S/C12H8O/c1-2-4-11-9(3-1)5-6-10-7-8-13-12(10)11/h1-8H. The van der Waals surface area contributed by atoms with Crippen LogP contribution in [0, 0.1) is 0 Å². The fourth-order valence-electron chi connectivity index (χ4n) is 1.70. The Morgan fingerprint density at radius 3 is 2.62 bits per heavy atom. The number of furan rings is 1. The molecule has 1 aromatic heterocycles. The van der Waals surface area contributed by atoms with Crippen LogP contribution in [-0.4, -0.2) is 0 Å². The van der Waals surface area contributed by atoms with E-state index < -0.39 is 0 Å². The Labute approximate surface area is 75.6 Å². The van der Waals surface area contributed by atoms with Gasteiger partial charge in [-0.2, -0.15) is 0 Å². The molecule has 3 aromatic rings. The lowest BCUT2D eigenvalue weighted by atomic mass is 10.1. The van der Waals surface area contributed by atoms with Gasteiger partial charge in [-0.25, -0.2) is 0 Å². The van der Waals surface area contributed by atoms with Crippen LogP contribution in [0.4, 0.5) is 0 Å². The third kappa shape index (κ3) is 0.872. The molecule has 13 heavy (non-hydrogen) atoms. The average molecular weight is 168 g/mol. The molecular weight excluding hydrogens is 160 g/mol. The molecule has 0 aliphatic carbocycles. The fraction of sp³-hybridized carbons (Fsp3) is 0. The summed E-state index contributed by atoms with van der Waals surface area (Å²) in [4.78, 5) is 0. The van der Waals surface area contributed by atoms with Gasteiger partial charge in [-0.3, -0.25) is 0 Å². The molecule has 1 nitrogen and oxygen atoms in total. The van der Waals surface area contributed by atoms with Gasteiger partial charge in [0.15, 0.2) is 0 Å². The number of hydrogen-bond acceptors (Lipinski definition) is 1. The first-order valence-electron chi connectivity index (χ1n) is 4.30. The largest absolute Gasteiger partial charge is 0.464 e. The quantitative estimate of drug-likeness (QED) is 0.500. The summed E-state index contributed by atoms with van der Waals surface area (Å²) in [7, 11) is 0. The van der Waals surface area contributed by atoms with Crippen molar-refractivity contribution in [3.8, 4) is 0 Å². The molecule has 0 fully saturated rings. The van der Waals surface area contributed by atoms with Crippen molar-refractivity contribution in [2.24, 2.45) is 0 Å². The Kier molecular flexibility index (Phi) is 1.22. The van der Waals surface area contributed by atoms with Crippen LogP contribution in [0.3, 0.4) is 0 Å². The minimum atomic E-state index is 0.984. The van der Waals surface area contributed by atoms with E-state index in [1.165, 1.54) is 16.2 Å². The maximum Gasteiger partial charge on any atom is 0.141 e. The lowest BCUT2D eigenvalue weighted by molar-refractivity contribution is 0.619. The van der Waals surface area contributed by atoms with Crippen LogP contribution >= 0.6 is 0 Å². The zero-order valence-corrected chi connectivity index (χ0v) is 7.03. The molecule has 1 heterocycles. The Morgan fingerprint density at radius 1 is 0.769 bits per heavy atom. The molecule has 0 unspecified atom stereocenters. The van der Waals surface area contributed by atoms with E-state index in [4.69, 9.17) is 4.42 Å². The van der Waals surface area contributed by atoms with Gasteiger partial charge in [-0.1, -0.05) is 36.4 Å². The molecule has 0 saturated heterocycles. The molecule has 0 atom stereocenters. The van der Waals surface area contributed by atoms with Crippen molar-refractivity contribution in [1.29, 1.82) is 0 Å². The summed E-state index contributed by atoms with van der Waals surface area (Å²) in [5.41, 5.74) is 0.984. The Balaban J connectivity index is 2.65. The second-order valence-corrected chi connectivity index (χ2v) is 3.13. The van der Waals surface area contributed by atoms with Crippen molar-refractivity contribution in [2.75, 3.05) is 0 Å². The van der Waals surface area contributed by atoms with Gasteiger partial charge in [0.05, 0.1) is 6.26 Å². The molecule has 0 aliphatic heterocycles.